The Hall–Kier alpha value is -0.210. The minimum Gasteiger partial charge on any atom is -0.207 e. The third-order valence-electron chi connectivity index (χ3n) is 2.65. The Labute approximate surface area is 129 Å². The van der Waals surface area contributed by atoms with E-state index < -0.39 is 10.0 Å². The Bertz CT molecular complexity index is 688. The topological polar surface area (TPSA) is 46.2 Å². The SMILES string of the molecule is Cc1ccc(C(C)NS(=O)(=O)c2cc(Br)sc2C)s1. The zero-order valence-corrected chi connectivity index (χ0v) is 14.8. The molecule has 0 spiro atoms. The molecule has 19 heavy (non-hydrogen) atoms. The van der Waals surface area contributed by atoms with Gasteiger partial charge in [0, 0.05) is 14.6 Å². The Balaban J connectivity index is 2.24. The molecule has 0 saturated carbocycles. The van der Waals surface area contributed by atoms with E-state index in [0.717, 1.165) is 13.5 Å². The van der Waals surface area contributed by atoms with Gasteiger partial charge in [0.25, 0.3) is 0 Å². The van der Waals surface area contributed by atoms with Gasteiger partial charge < -0.3 is 0 Å². The molecule has 2 heterocycles. The normalized spacial score (nSPS) is 13.7. The Morgan fingerprint density at radius 1 is 1.26 bits per heavy atom. The lowest BCUT2D eigenvalue weighted by molar-refractivity contribution is 0.568. The molecule has 0 amide bonds. The van der Waals surface area contributed by atoms with Crippen LogP contribution in [0.4, 0.5) is 0 Å². The lowest BCUT2D eigenvalue weighted by atomic mass is 10.3. The zero-order valence-electron chi connectivity index (χ0n) is 10.7. The second-order valence-corrected chi connectivity index (χ2v) is 9.90. The van der Waals surface area contributed by atoms with Gasteiger partial charge in [-0.2, -0.15) is 0 Å². The van der Waals surface area contributed by atoms with Crippen molar-refractivity contribution in [2.45, 2.75) is 31.7 Å². The van der Waals surface area contributed by atoms with Crippen molar-refractivity contribution >= 4 is 48.6 Å². The summed E-state index contributed by atoms with van der Waals surface area (Å²) in [5.41, 5.74) is 0. The highest BCUT2D eigenvalue weighted by atomic mass is 79.9. The van der Waals surface area contributed by atoms with Gasteiger partial charge in [-0.25, -0.2) is 13.1 Å². The number of rotatable bonds is 4. The molecule has 0 aromatic carbocycles. The van der Waals surface area contributed by atoms with E-state index in [4.69, 9.17) is 0 Å². The van der Waals surface area contributed by atoms with Crippen LogP contribution in [0.15, 0.2) is 26.9 Å². The summed E-state index contributed by atoms with van der Waals surface area (Å²) in [6.45, 7) is 5.68. The summed E-state index contributed by atoms with van der Waals surface area (Å²) in [5, 5.41) is 0. The summed E-state index contributed by atoms with van der Waals surface area (Å²) in [4.78, 5) is 3.34. The Morgan fingerprint density at radius 2 is 1.95 bits per heavy atom. The number of halogens is 1. The third kappa shape index (κ3) is 3.46. The summed E-state index contributed by atoms with van der Waals surface area (Å²) in [7, 11) is -3.47. The standard InChI is InChI=1S/C12H14BrNO2S3/c1-7-4-5-10(17-7)8(2)14-19(15,16)11-6-12(13)18-9(11)3/h4-6,8,14H,1-3H3. The molecule has 104 valence electrons. The van der Waals surface area contributed by atoms with E-state index in [2.05, 4.69) is 20.7 Å². The highest BCUT2D eigenvalue weighted by Gasteiger charge is 2.22. The average Bonchev–Trinajstić information content (AvgIpc) is 2.84. The van der Waals surface area contributed by atoms with Crippen molar-refractivity contribution in [1.29, 1.82) is 0 Å². The number of hydrogen-bond donors (Lipinski definition) is 1. The van der Waals surface area contributed by atoms with Crippen LogP contribution in [0.25, 0.3) is 0 Å². The van der Waals surface area contributed by atoms with E-state index in [-0.39, 0.29) is 6.04 Å². The van der Waals surface area contributed by atoms with E-state index in [9.17, 15) is 8.42 Å². The van der Waals surface area contributed by atoms with Gasteiger partial charge in [0.1, 0.15) is 0 Å². The van der Waals surface area contributed by atoms with Crippen LogP contribution in [0.1, 0.15) is 27.6 Å². The van der Waals surface area contributed by atoms with Crippen LogP contribution in [-0.2, 0) is 10.0 Å². The van der Waals surface area contributed by atoms with E-state index in [1.165, 1.54) is 16.2 Å². The van der Waals surface area contributed by atoms with Crippen molar-refractivity contribution in [3.05, 3.63) is 36.6 Å². The molecule has 0 aliphatic heterocycles. The lowest BCUT2D eigenvalue weighted by Crippen LogP contribution is -2.26. The second-order valence-electron chi connectivity index (χ2n) is 4.26. The zero-order chi connectivity index (χ0) is 14.2. The quantitative estimate of drug-likeness (QED) is 0.863. The third-order valence-corrected chi connectivity index (χ3v) is 7.18. The van der Waals surface area contributed by atoms with E-state index >= 15 is 0 Å². The van der Waals surface area contributed by atoms with Crippen LogP contribution in [-0.4, -0.2) is 8.42 Å². The molecule has 0 radical (unpaired) electrons. The minimum atomic E-state index is -3.47. The van der Waals surface area contributed by atoms with Gasteiger partial charge in [0.2, 0.25) is 10.0 Å². The largest absolute Gasteiger partial charge is 0.242 e. The molecule has 7 heteroatoms. The number of hydrogen-bond acceptors (Lipinski definition) is 4. The molecule has 2 aromatic heterocycles. The summed E-state index contributed by atoms with van der Waals surface area (Å²) in [6, 6.07) is 5.39. The highest BCUT2D eigenvalue weighted by Crippen LogP contribution is 2.31. The first-order valence-electron chi connectivity index (χ1n) is 5.64. The van der Waals surface area contributed by atoms with Gasteiger partial charge >= 0.3 is 0 Å². The fourth-order valence-electron chi connectivity index (χ4n) is 1.74. The first-order valence-corrected chi connectivity index (χ1v) is 9.55. The van der Waals surface area contributed by atoms with Crippen molar-refractivity contribution in [2.75, 3.05) is 0 Å². The summed E-state index contributed by atoms with van der Waals surface area (Å²) in [6.07, 6.45) is 0. The van der Waals surface area contributed by atoms with Crippen LogP contribution in [0.5, 0.6) is 0 Å². The maximum absolute atomic E-state index is 12.3. The van der Waals surface area contributed by atoms with Gasteiger partial charge in [-0.3, -0.25) is 0 Å². The predicted octanol–water partition coefficient (Wildman–Crippen LogP) is 4.23. The molecule has 0 bridgehead atoms. The first-order chi connectivity index (χ1) is 8.79. The molecular formula is C12H14BrNO2S3. The summed E-state index contributed by atoms with van der Waals surface area (Å²) < 4.78 is 28.2. The lowest BCUT2D eigenvalue weighted by Gasteiger charge is -2.12. The molecule has 1 atom stereocenters. The monoisotopic (exact) mass is 379 g/mol. The maximum atomic E-state index is 12.3. The molecule has 0 aliphatic rings. The molecule has 1 unspecified atom stereocenters. The number of thiophene rings is 2. The first kappa shape index (κ1) is 15.2. The fourth-order valence-corrected chi connectivity index (χ4v) is 6.33. The van der Waals surface area contributed by atoms with Crippen LogP contribution in [0.3, 0.4) is 0 Å². The molecular weight excluding hydrogens is 366 g/mol. The molecule has 1 N–H and O–H groups in total. The van der Waals surface area contributed by atoms with E-state index in [0.29, 0.717) is 4.90 Å². The van der Waals surface area contributed by atoms with Crippen molar-refractivity contribution in [3.8, 4) is 0 Å². The molecule has 0 aliphatic carbocycles. The Kier molecular flexibility index (Phi) is 4.52. The molecule has 0 saturated heterocycles. The predicted molar refractivity (Wildman–Crippen MR) is 84.5 cm³/mol. The summed E-state index contributed by atoms with van der Waals surface area (Å²) >= 11 is 6.35. The van der Waals surface area contributed by atoms with E-state index in [1.54, 1.807) is 17.4 Å². The van der Waals surface area contributed by atoms with Crippen molar-refractivity contribution in [1.82, 2.24) is 4.72 Å². The van der Waals surface area contributed by atoms with Crippen LogP contribution in [0.2, 0.25) is 0 Å². The number of sulfonamides is 1. The average molecular weight is 380 g/mol. The van der Waals surface area contributed by atoms with Gasteiger partial charge in [-0.05, 0) is 54.9 Å². The Morgan fingerprint density at radius 3 is 2.42 bits per heavy atom. The van der Waals surface area contributed by atoms with Gasteiger partial charge in [-0.15, -0.1) is 22.7 Å². The maximum Gasteiger partial charge on any atom is 0.242 e. The van der Waals surface area contributed by atoms with Gasteiger partial charge in [0.15, 0.2) is 0 Å². The van der Waals surface area contributed by atoms with Crippen LogP contribution < -0.4 is 4.72 Å². The molecule has 0 fully saturated rings. The highest BCUT2D eigenvalue weighted by molar-refractivity contribution is 9.11. The van der Waals surface area contributed by atoms with Gasteiger partial charge in [0.05, 0.1) is 14.7 Å². The molecule has 3 nitrogen and oxygen atoms in total. The minimum absolute atomic E-state index is 0.221. The second kappa shape index (κ2) is 5.65. The van der Waals surface area contributed by atoms with Crippen molar-refractivity contribution in [2.24, 2.45) is 0 Å². The van der Waals surface area contributed by atoms with Gasteiger partial charge in [-0.1, -0.05) is 0 Å². The van der Waals surface area contributed by atoms with Crippen molar-refractivity contribution in [3.63, 3.8) is 0 Å². The van der Waals surface area contributed by atoms with E-state index in [1.807, 2.05) is 32.9 Å². The van der Waals surface area contributed by atoms with Crippen LogP contribution in [0, 0.1) is 13.8 Å². The summed E-state index contributed by atoms with van der Waals surface area (Å²) in [5.74, 6) is 0. The van der Waals surface area contributed by atoms with Crippen molar-refractivity contribution < 1.29 is 8.42 Å². The fraction of sp³-hybridized carbons (Fsp3) is 0.333. The molecule has 2 rings (SSSR count). The molecule has 2 aromatic rings. The smallest absolute Gasteiger partial charge is 0.207 e. The number of nitrogens with one attached hydrogen (secondary N) is 1. The van der Waals surface area contributed by atoms with Crippen LogP contribution >= 0.6 is 38.6 Å². The number of aryl methyl sites for hydroxylation is 2.